The van der Waals surface area contributed by atoms with Crippen LogP contribution in [-0.4, -0.2) is 107 Å². The first-order valence-corrected chi connectivity index (χ1v) is 32.6. The number of fused-ring (bicyclic) bond motifs is 12. The smallest absolute Gasteiger partial charge is 0.449 e. The largest absolute Gasteiger partial charge is 0.619 e. The summed E-state index contributed by atoms with van der Waals surface area (Å²) in [7, 11) is 0. The molecule has 0 heterocycles. The second-order valence-electron chi connectivity index (χ2n) is 23.8. The van der Waals surface area contributed by atoms with Crippen molar-refractivity contribution >= 4 is 48.3 Å². The number of hydrogen-bond donors (Lipinski definition) is 4. The topological polar surface area (TPSA) is 259 Å². The van der Waals surface area contributed by atoms with E-state index >= 15 is 0 Å². The minimum atomic E-state index is -3.46. The third-order valence-corrected chi connectivity index (χ3v) is 17.6. The molecule has 0 saturated heterocycles. The summed E-state index contributed by atoms with van der Waals surface area (Å²) in [5, 5.41) is 10.5. The number of alkyl carbamates (subject to hydrolysis) is 4. The van der Waals surface area contributed by atoms with Gasteiger partial charge >= 0.3 is 54.4 Å². The highest BCUT2D eigenvalue weighted by atomic mass is 17.0. The normalized spacial score (nSPS) is 12.9. The monoisotopic (exact) mass is 1310 g/mol. The highest BCUT2D eigenvalue weighted by Gasteiger charge is 2.50. The second-order valence-corrected chi connectivity index (χ2v) is 23.8. The maximum atomic E-state index is 13.9. The van der Waals surface area contributed by atoms with Crippen LogP contribution in [0, 0.1) is 0 Å². The number of carbonyl (C=O) groups is 8. The lowest BCUT2D eigenvalue weighted by atomic mass is 9.98. The summed E-state index contributed by atoms with van der Waals surface area (Å²) in [6.45, 7) is -0.289. The van der Waals surface area contributed by atoms with E-state index in [1.54, 1.807) is 0 Å². The fourth-order valence-corrected chi connectivity index (χ4v) is 13.2. The standard InChI is InChI=1S/C77H72N4O16/c82-69(37-17-41-78-73(86)90-45-65-57-29-9-1-21-49(57)50-22-2-10-30-58(50)65)94-77(95-70(83)38-18-42-79-74(87)91-46-66-59-31-11-3-23-51(59)52-24-4-12-32-60(52)66,96-71(84)39-19-43-80-75(88)92-47-67-61-33-13-5-25-53(61)54-26-6-14-34-62(54)67)97-72(85)40-20-44-81-76(89)93-48-68-63-35-15-7-27-55(63)56-28-8-16-36-64(56)68/h1-16,21-36,65-68H,17-20,37-48H2,(H,78,86)(H,79,87)(H,80,88)(H,81,89). The van der Waals surface area contributed by atoms with Crippen LogP contribution in [0.1, 0.15) is 120 Å². The van der Waals surface area contributed by atoms with Gasteiger partial charge in [0, 0.05) is 75.5 Å². The van der Waals surface area contributed by atoms with Crippen LogP contribution in [0.25, 0.3) is 44.5 Å². The van der Waals surface area contributed by atoms with E-state index in [4.69, 9.17) is 37.9 Å². The average molecular weight is 1310 g/mol. The molecular weight excluding hydrogens is 1240 g/mol. The van der Waals surface area contributed by atoms with Crippen molar-refractivity contribution in [1.29, 1.82) is 0 Å². The van der Waals surface area contributed by atoms with Crippen molar-refractivity contribution in [1.82, 2.24) is 21.3 Å². The SMILES string of the molecule is O=C(CCCNC(=O)OCC1c2ccccc2-c2ccccc21)OC(OC(=O)CCCNC(=O)OCC1c2ccccc2-c2ccccc21)(OC(=O)CCCNC(=O)OCC1c2ccccc2-c2ccccc21)OC(=O)CCCNC(=O)OCC1c2ccccc2-c2ccccc21. The van der Waals surface area contributed by atoms with E-state index in [1.807, 2.05) is 194 Å². The van der Waals surface area contributed by atoms with Gasteiger partial charge in [0.2, 0.25) is 0 Å². The summed E-state index contributed by atoms with van der Waals surface area (Å²) < 4.78 is 45.0. The number of hydrogen-bond acceptors (Lipinski definition) is 16. The van der Waals surface area contributed by atoms with Crippen molar-refractivity contribution in [3.8, 4) is 44.5 Å². The molecule has 4 aliphatic carbocycles. The van der Waals surface area contributed by atoms with Crippen LogP contribution in [0.4, 0.5) is 19.2 Å². The Hall–Kier alpha value is -11.3. The quantitative estimate of drug-likeness (QED) is 0.0154. The third-order valence-electron chi connectivity index (χ3n) is 17.6. The van der Waals surface area contributed by atoms with Gasteiger partial charge < -0.3 is 59.2 Å². The zero-order chi connectivity index (χ0) is 67.1. The molecule has 0 bridgehead atoms. The lowest BCUT2D eigenvalue weighted by molar-refractivity contribution is -0.432. The molecule has 12 rings (SSSR count). The van der Waals surface area contributed by atoms with Crippen molar-refractivity contribution in [3.63, 3.8) is 0 Å². The predicted molar refractivity (Wildman–Crippen MR) is 356 cm³/mol. The van der Waals surface area contributed by atoms with Gasteiger partial charge in [-0.3, -0.25) is 19.2 Å². The number of esters is 4. The van der Waals surface area contributed by atoms with Crippen LogP contribution in [-0.2, 0) is 57.1 Å². The molecule has 0 saturated carbocycles. The number of ether oxygens (including phenoxy) is 8. The highest BCUT2D eigenvalue weighted by Crippen LogP contribution is 2.48. The van der Waals surface area contributed by atoms with Crippen LogP contribution >= 0.6 is 0 Å². The van der Waals surface area contributed by atoms with Gasteiger partial charge in [-0.15, -0.1) is 0 Å². The molecule has 0 aliphatic heterocycles. The molecule has 0 fully saturated rings. The van der Waals surface area contributed by atoms with E-state index in [-0.39, 0.29) is 102 Å². The van der Waals surface area contributed by atoms with Crippen LogP contribution in [0.5, 0.6) is 0 Å². The van der Waals surface area contributed by atoms with Crippen LogP contribution < -0.4 is 21.3 Å². The molecule has 20 nitrogen and oxygen atoms in total. The molecule has 4 amide bonds. The minimum Gasteiger partial charge on any atom is -0.449 e. The predicted octanol–water partition coefficient (Wildman–Crippen LogP) is 13.0. The molecule has 0 unspecified atom stereocenters. The third kappa shape index (κ3) is 15.6. The maximum absolute atomic E-state index is 13.9. The lowest BCUT2D eigenvalue weighted by Gasteiger charge is -2.29. The summed E-state index contributed by atoms with van der Waals surface area (Å²) in [6, 6.07) is 63.1. The van der Waals surface area contributed by atoms with E-state index in [0.717, 1.165) is 89.0 Å². The Bertz CT molecular complexity index is 3530. The van der Waals surface area contributed by atoms with Crippen LogP contribution in [0.15, 0.2) is 194 Å². The Balaban J connectivity index is 0.681. The van der Waals surface area contributed by atoms with E-state index < -0.39 is 80.1 Å². The van der Waals surface area contributed by atoms with Crippen molar-refractivity contribution < 1.29 is 76.3 Å². The van der Waals surface area contributed by atoms with E-state index in [2.05, 4.69) is 21.3 Å². The Morgan fingerprint density at radius 1 is 0.258 bits per heavy atom. The average Bonchev–Trinajstić information content (AvgIpc) is 1.70. The Morgan fingerprint density at radius 3 is 0.598 bits per heavy atom. The van der Waals surface area contributed by atoms with Crippen molar-refractivity contribution in [3.05, 3.63) is 239 Å². The molecule has 4 N–H and O–H groups in total. The van der Waals surface area contributed by atoms with Gasteiger partial charge in [-0.25, -0.2) is 19.2 Å². The molecule has 496 valence electrons. The van der Waals surface area contributed by atoms with E-state index in [0.29, 0.717) is 0 Å². The van der Waals surface area contributed by atoms with Gasteiger partial charge in [0.25, 0.3) is 0 Å². The Morgan fingerprint density at radius 2 is 0.423 bits per heavy atom. The summed E-state index contributed by atoms with van der Waals surface area (Å²) in [6.07, 6.45) is -8.82. The second kappa shape index (κ2) is 30.9. The van der Waals surface area contributed by atoms with Crippen molar-refractivity contribution in [2.45, 2.75) is 81.2 Å². The first-order valence-electron chi connectivity index (χ1n) is 32.6. The number of benzene rings is 8. The first kappa shape index (κ1) is 65.8. The van der Waals surface area contributed by atoms with Gasteiger partial charge in [-0.1, -0.05) is 194 Å². The zero-order valence-corrected chi connectivity index (χ0v) is 53.1. The highest BCUT2D eigenvalue weighted by molar-refractivity contribution is 5.83. The van der Waals surface area contributed by atoms with Gasteiger partial charge in [-0.2, -0.15) is 0 Å². The number of nitrogens with one attached hydrogen (secondary N) is 4. The molecule has 0 aromatic heterocycles. The first-order chi connectivity index (χ1) is 47.4. The summed E-state index contributed by atoms with van der Waals surface area (Å²) in [5.41, 5.74) is 16.6. The molecule has 20 heteroatoms. The Kier molecular flexibility index (Phi) is 20.9. The lowest BCUT2D eigenvalue weighted by Crippen LogP contribution is -2.48. The molecule has 0 spiro atoms. The number of rotatable bonds is 28. The van der Waals surface area contributed by atoms with Crippen LogP contribution in [0.3, 0.4) is 0 Å². The molecule has 97 heavy (non-hydrogen) atoms. The fourth-order valence-electron chi connectivity index (χ4n) is 13.2. The molecule has 0 atom stereocenters. The zero-order valence-electron chi connectivity index (χ0n) is 53.1. The molecule has 0 radical (unpaired) electrons. The van der Waals surface area contributed by atoms with Gasteiger partial charge in [0.1, 0.15) is 26.4 Å². The van der Waals surface area contributed by atoms with E-state index in [9.17, 15) is 38.4 Å². The van der Waals surface area contributed by atoms with Gasteiger partial charge in [0.05, 0.1) is 0 Å². The van der Waals surface area contributed by atoms with Gasteiger partial charge in [-0.05, 0) is 115 Å². The number of amides is 4. The Labute approximate surface area is 560 Å². The van der Waals surface area contributed by atoms with Crippen molar-refractivity contribution in [2.24, 2.45) is 0 Å². The summed E-state index contributed by atoms with van der Waals surface area (Å²) >= 11 is 0. The minimum absolute atomic E-state index is 0.0366. The van der Waals surface area contributed by atoms with Crippen LogP contribution in [0.2, 0.25) is 0 Å². The van der Waals surface area contributed by atoms with Crippen molar-refractivity contribution in [2.75, 3.05) is 52.6 Å². The van der Waals surface area contributed by atoms with E-state index in [1.165, 1.54) is 0 Å². The summed E-state index contributed by atoms with van der Waals surface area (Å²) in [4.78, 5) is 108. The fraction of sp³-hybridized carbons (Fsp3) is 0.273. The molecular formula is C77H72N4O16. The van der Waals surface area contributed by atoms with Gasteiger partial charge in [0.15, 0.2) is 0 Å². The number of carbonyl (C=O) groups excluding carboxylic acids is 8. The molecule has 8 aromatic carbocycles. The molecule has 4 aliphatic rings. The maximum Gasteiger partial charge on any atom is 0.619 e. The molecule has 8 aromatic rings. The summed E-state index contributed by atoms with van der Waals surface area (Å²) in [5.74, 6) is -5.57.